The van der Waals surface area contributed by atoms with Gasteiger partial charge in [0.1, 0.15) is 12.2 Å². The SMILES string of the molecule is C1=CC2OC1c1ccc3cc4c(cc3c12)sc1c2cc3ccccc3cc2sc41. The zero-order chi connectivity index (χ0) is 18.7. The maximum absolute atomic E-state index is 6.10. The molecule has 0 radical (unpaired) electrons. The van der Waals surface area contributed by atoms with Crippen molar-refractivity contribution in [3.8, 4) is 0 Å². The molecule has 0 N–H and O–H groups in total. The molecule has 0 fully saturated rings. The van der Waals surface area contributed by atoms with E-state index in [9.17, 15) is 0 Å². The zero-order valence-corrected chi connectivity index (χ0v) is 16.9. The van der Waals surface area contributed by atoms with Crippen molar-refractivity contribution in [3.05, 3.63) is 83.9 Å². The van der Waals surface area contributed by atoms with E-state index >= 15 is 0 Å². The van der Waals surface area contributed by atoms with Gasteiger partial charge in [-0.25, -0.2) is 0 Å². The third kappa shape index (κ3) is 1.84. The van der Waals surface area contributed by atoms with Crippen LogP contribution in [0, 0.1) is 0 Å². The maximum Gasteiger partial charge on any atom is 0.103 e. The Morgan fingerprint density at radius 1 is 0.621 bits per heavy atom. The van der Waals surface area contributed by atoms with Crippen LogP contribution in [-0.4, -0.2) is 0 Å². The van der Waals surface area contributed by atoms with Crippen molar-refractivity contribution >= 4 is 73.8 Å². The molecule has 0 aliphatic carbocycles. The van der Waals surface area contributed by atoms with Gasteiger partial charge in [-0.1, -0.05) is 48.6 Å². The molecule has 6 aromatic rings. The fourth-order valence-electron chi connectivity index (χ4n) is 5.16. The summed E-state index contributed by atoms with van der Waals surface area (Å²) in [5.41, 5.74) is 2.73. The van der Waals surface area contributed by atoms with Crippen molar-refractivity contribution < 1.29 is 4.74 Å². The Bertz CT molecular complexity index is 1700. The summed E-state index contributed by atoms with van der Waals surface area (Å²) < 4.78 is 11.7. The highest BCUT2D eigenvalue weighted by Crippen LogP contribution is 2.51. The first-order valence-electron chi connectivity index (χ1n) is 9.91. The monoisotopic (exact) mass is 406 g/mol. The quantitative estimate of drug-likeness (QED) is 0.231. The summed E-state index contributed by atoms with van der Waals surface area (Å²) in [6.07, 6.45) is 4.68. The number of benzene rings is 4. The first kappa shape index (κ1) is 15.2. The highest BCUT2D eigenvalue weighted by atomic mass is 32.1. The summed E-state index contributed by atoms with van der Waals surface area (Å²) in [6.45, 7) is 0. The van der Waals surface area contributed by atoms with Gasteiger partial charge >= 0.3 is 0 Å². The Morgan fingerprint density at radius 2 is 1.31 bits per heavy atom. The van der Waals surface area contributed by atoms with Gasteiger partial charge in [-0.05, 0) is 56.9 Å². The lowest BCUT2D eigenvalue weighted by Gasteiger charge is -2.11. The van der Waals surface area contributed by atoms with Crippen LogP contribution in [0.5, 0.6) is 0 Å². The second-order valence-corrected chi connectivity index (χ2v) is 10.2. The summed E-state index contributed by atoms with van der Waals surface area (Å²) in [4.78, 5) is 0. The lowest BCUT2D eigenvalue weighted by Crippen LogP contribution is -1.94. The van der Waals surface area contributed by atoms with E-state index in [-0.39, 0.29) is 12.2 Å². The molecule has 136 valence electrons. The first-order valence-corrected chi connectivity index (χ1v) is 11.5. The van der Waals surface area contributed by atoms with Gasteiger partial charge in [-0.3, -0.25) is 0 Å². The second-order valence-electron chi connectivity index (χ2n) is 8.06. The van der Waals surface area contributed by atoms with Gasteiger partial charge in [0.15, 0.2) is 0 Å². The number of hydrogen-bond acceptors (Lipinski definition) is 3. The van der Waals surface area contributed by atoms with Crippen LogP contribution in [0.3, 0.4) is 0 Å². The van der Waals surface area contributed by atoms with Gasteiger partial charge in [0.2, 0.25) is 0 Å². The highest BCUT2D eigenvalue weighted by Gasteiger charge is 2.34. The van der Waals surface area contributed by atoms with E-state index in [0.717, 1.165) is 0 Å². The van der Waals surface area contributed by atoms with Crippen LogP contribution in [0.1, 0.15) is 23.3 Å². The molecule has 2 bridgehead atoms. The summed E-state index contributed by atoms with van der Waals surface area (Å²) in [5, 5.41) is 8.10. The Balaban J connectivity index is 1.49. The van der Waals surface area contributed by atoms with Crippen molar-refractivity contribution in [2.24, 2.45) is 0 Å². The molecule has 2 atom stereocenters. The molecule has 2 unspecified atom stereocenters. The predicted octanol–water partition coefficient (Wildman–Crippen LogP) is 8.26. The number of thiophene rings is 2. The predicted molar refractivity (Wildman–Crippen MR) is 125 cm³/mol. The Kier molecular flexibility index (Phi) is 2.64. The molecule has 4 heterocycles. The summed E-state index contributed by atoms with van der Waals surface area (Å²) in [5.74, 6) is 0. The van der Waals surface area contributed by atoms with Crippen LogP contribution in [0.2, 0.25) is 0 Å². The van der Waals surface area contributed by atoms with Crippen LogP contribution in [-0.2, 0) is 4.74 Å². The van der Waals surface area contributed by atoms with Crippen LogP contribution in [0.4, 0.5) is 0 Å². The zero-order valence-electron chi connectivity index (χ0n) is 15.3. The van der Waals surface area contributed by atoms with E-state index < -0.39 is 0 Å². The fourth-order valence-corrected chi connectivity index (χ4v) is 7.85. The van der Waals surface area contributed by atoms with Gasteiger partial charge in [0.05, 0.1) is 9.40 Å². The molecule has 1 nitrogen and oxygen atoms in total. The van der Waals surface area contributed by atoms with Crippen LogP contribution in [0.25, 0.3) is 51.1 Å². The Hall–Kier alpha value is -2.72. The van der Waals surface area contributed by atoms with Crippen LogP contribution >= 0.6 is 22.7 Å². The minimum absolute atomic E-state index is 0.129. The first-order chi connectivity index (χ1) is 14.3. The van der Waals surface area contributed by atoms with Gasteiger partial charge in [-0.2, -0.15) is 0 Å². The Labute approximate surface area is 174 Å². The van der Waals surface area contributed by atoms with E-state index in [1.54, 1.807) is 0 Å². The lowest BCUT2D eigenvalue weighted by molar-refractivity contribution is 0.0883. The standard InChI is InChI=1S/C26H14OS2/c1-2-4-14-11-22-18(9-13(14)3-1)25-26(28-22)19-10-15-5-6-16-20-7-8-21(27-20)24(16)17(15)12-23(19)29-25/h1-12,20-21H. The third-order valence-electron chi connectivity index (χ3n) is 6.51. The van der Waals surface area contributed by atoms with Gasteiger partial charge < -0.3 is 4.74 Å². The van der Waals surface area contributed by atoms with Crippen molar-refractivity contribution in [3.63, 3.8) is 0 Å². The minimum Gasteiger partial charge on any atom is -0.357 e. The molecule has 0 saturated heterocycles. The van der Waals surface area contributed by atoms with Crippen molar-refractivity contribution in [1.29, 1.82) is 0 Å². The van der Waals surface area contributed by atoms with Crippen LogP contribution < -0.4 is 0 Å². The summed E-state index contributed by atoms with van der Waals surface area (Å²) >= 11 is 3.87. The van der Waals surface area contributed by atoms with Crippen molar-refractivity contribution in [2.45, 2.75) is 12.2 Å². The number of fused-ring (bicyclic) bond motifs is 13. The van der Waals surface area contributed by atoms with Gasteiger partial charge in [0.25, 0.3) is 0 Å². The molecule has 8 rings (SSSR count). The smallest absolute Gasteiger partial charge is 0.103 e. The molecular weight excluding hydrogens is 392 g/mol. The van der Waals surface area contributed by atoms with E-state index in [1.807, 2.05) is 22.7 Å². The van der Waals surface area contributed by atoms with E-state index in [0.29, 0.717) is 0 Å². The fraction of sp³-hybridized carbons (Fsp3) is 0.0769. The molecule has 2 aromatic heterocycles. The van der Waals surface area contributed by atoms with Gasteiger partial charge in [-0.15, -0.1) is 22.7 Å². The maximum atomic E-state index is 6.10. The minimum atomic E-state index is 0.129. The van der Waals surface area contributed by atoms with E-state index in [2.05, 4.69) is 72.8 Å². The number of rotatable bonds is 0. The van der Waals surface area contributed by atoms with E-state index in [1.165, 1.54) is 62.2 Å². The molecule has 0 saturated carbocycles. The lowest BCUT2D eigenvalue weighted by atomic mass is 9.91. The molecule has 0 spiro atoms. The average molecular weight is 407 g/mol. The number of ether oxygens (including phenoxy) is 1. The summed E-state index contributed by atoms with van der Waals surface area (Å²) in [7, 11) is 0. The molecule has 2 aliphatic heterocycles. The van der Waals surface area contributed by atoms with Crippen molar-refractivity contribution in [2.75, 3.05) is 0 Å². The molecule has 2 aliphatic rings. The topological polar surface area (TPSA) is 9.23 Å². The summed E-state index contributed by atoms with van der Waals surface area (Å²) in [6, 6.07) is 22.7. The normalized spacial score (nSPS) is 20.1. The molecule has 29 heavy (non-hydrogen) atoms. The second kappa shape index (κ2) is 5.06. The third-order valence-corrected chi connectivity index (χ3v) is 9.01. The molecular formula is C26H14OS2. The Morgan fingerprint density at radius 3 is 2.14 bits per heavy atom. The van der Waals surface area contributed by atoms with Crippen molar-refractivity contribution in [1.82, 2.24) is 0 Å². The molecule has 3 heteroatoms. The largest absolute Gasteiger partial charge is 0.357 e. The van der Waals surface area contributed by atoms with Crippen LogP contribution in [0.15, 0.2) is 72.8 Å². The highest BCUT2D eigenvalue weighted by molar-refractivity contribution is 7.36. The van der Waals surface area contributed by atoms with E-state index in [4.69, 9.17) is 4.74 Å². The average Bonchev–Trinajstić information content (AvgIpc) is 3.51. The number of hydrogen-bond donors (Lipinski definition) is 0. The van der Waals surface area contributed by atoms with Gasteiger partial charge in [0, 0.05) is 20.2 Å². The molecule has 0 amide bonds. The molecule has 4 aromatic carbocycles.